The van der Waals surface area contributed by atoms with Crippen molar-refractivity contribution in [3.63, 3.8) is 0 Å². The number of nitrogens with zero attached hydrogens (tertiary/aromatic N) is 2. The van der Waals surface area contributed by atoms with Crippen LogP contribution in [0.3, 0.4) is 0 Å². The number of piperidine rings is 2. The molecule has 0 amide bonds. The molecule has 3 fully saturated rings. The summed E-state index contributed by atoms with van der Waals surface area (Å²) >= 11 is 0. The van der Waals surface area contributed by atoms with Crippen LogP contribution in [-0.2, 0) is 0 Å². The molecule has 3 nitrogen and oxygen atoms in total. The normalized spacial score (nSPS) is 37.7. The van der Waals surface area contributed by atoms with Crippen LogP contribution < -0.4 is 0 Å². The fraction of sp³-hybridized carbons (Fsp3) is 1.00. The Morgan fingerprint density at radius 1 is 1.11 bits per heavy atom. The molecule has 1 N–H and O–H groups in total. The molecule has 0 spiro atoms. The van der Waals surface area contributed by atoms with Gasteiger partial charge in [-0.1, -0.05) is 12.8 Å². The third kappa shape index (κ3) is 2.59. The van der Waals surface area contributed by atoms with Crippen molar-refractivity contribution in [2.45, 2.75) is 56.6 Å². The van der Waals surface area contributed by atoms with E-state index in [0.717, 1.165) is 31.3 Å². The predicted molar refractivity (Wildman–Crippen MR) is 73.6 cm³/mol. The van der Waals surface area contributed by atoms with Crippen molar-refractivity contribution in [2.75, 3.05) is 33.2 Å². The lowest BCUT2D eigenvalue weighted by Crippen LogP contribution is -2.55. The van der Waals surface area contributed by atoms with Gasteiger partial charge in [0.05, 0.1) is 5.60 Å². The van der Waals surface area contributed by atoms with E-state index in [9.17, 15) is 5.11 Å². The number of rotatable bonds is 2. The summed E-state index contributed by atoms with van der Waals surface area (Å²) in [7, 11) is 2.29. The second-order valence-electron chi connectivity index (χ2n) is 6.91. The number of aliphatic hydroxyl groups is 1. The molecule has 0 radical (unpaired) electrons. The molecular weight excluding hydrogens is 224 g/mol. The van der Waals surface area contributed by atoms with Crippen molar-refractivity contribution >= 4 is 0 Å². The quantitative estimate of drug-likeness (QED) is 0.810. The summed E-state index contributed by atoms with van der Waals surface area (Å²) in [4.78, 5) is 5.11. The zero-order valence-corrected chi connectivity index (χ0v) is 11.8. The van der Waals surface area contributed by atoms with Crippen LogP contribution in [0.1, 0.15) is 44.9 Å². The van der Waals surface area contributed by atoms with Gasteiger partial charge in [0, 0.05) is 19.1 Å². The van der Waals surface area contributed by atoms with Crippen LogP contribution in [0.15, 0.2) is 0 Å². The number of hydrogen-bond donors (Lipinski definition) is 1. The number of fused-ring (bicyclic) bond motifs is 1. The average molecular weight is 252 g/mol. The van der Waals surface area contributed by atoms with E-state index in [4.69, 9.17) is 0 Å². The Balaban J connectivity index is 1.57. The summed E-state index contributed by atoms with van der Waals surface area (Å²) in [5.41, 5.74) is -0.354. The van der Waals surface area contributed by atoms with Gasteiger partial charge in [0.25, 0.3) is 0 Å². The first kappa shape index (κ1) is 12.9. The molecule has 3 rings (SSSR count). The number of hydrogen-bond acceptors (Lipinski definition) is 3. The van der Waals surface area contributed by atoms with Crippen molar-refractivity contribution in [3.8, 4) is 0 Å². The van der Waals surface area contributed by atoms with Gasteiger partial charge in [0.2, 0.25) is 0 Å². The molecule has 0 aromatic carbocycles. The minimum absolute atomic E-state index is 0.354. The maximum Gasteiger partial charge on any atom is 0.0774 e. The molecule has 0 aromatic rings. The zero-order chi connectivity index (χ0) is 12.6. The van der Waals surface area contributed by atoms with Gasteiger partial charge in [0.1, 0.15) is 0 Å². The molecule has 2 unspecified atom stereocenters. The highest BCUT2D eigenvalue weighted by atomic mass is 16.3. The third-order valence-corrected chi connectivity index (χ3v) is 5.48. The average Bonchev–Trinajstić information content (AvgIpc) is 2.76. The van der Waals surface area contributed by atoms with Crippen LogP contribution in [0, 0.1) is 5.92 Å². The van der Waals surface area contributed by atoms with E-state index in [2.05, 4.69) is 16.8 Å². The highest BCUT2D eigenvalue weighted by molar-refractivity contribution is 4.93. The predicted octanol–water partition coefficient (Wildman–Crippen LogP) is 1.71. The van der Waals surface area contributed by atoms with Crippen molar-refractivity contribution in [2.24, 2.45) is 5.92 Å². The molecule has 2 heterocycles. The van der Waals surface area contributed by atoms with E-state index < -0.39 is 0 Å². The Kier molecular flexibility index (Phi) is 3.65. The van der Waals surface area contributed by atoms with E-state index in [1.165, 1.54) is 51.7 Å². The van der Waals surface area contributed by atoms with Gasteiger partial charge in [-0.3, -0.25) is 0 Å². The van der Waals surface area contributed by atoms with Crippen LogP contribution in [0.4, 0.5) is 0 Å². The van der Waals surface area contributed by atoms with E-state index >= 15 is 0 Å². The number of β-amino-alcohol motifs (C(OH)–C–C–N with tert-alkyl or cyclic N) is 1. The van der Waals surface area contributed by atoms with E-state index in [-0.39, 0.29) is 5.60 Å². The van der Waals surface area contributed by atoms with Crippen molar-refractivity contribution in [3.05, 3.63) is 0 Å². The third-order valence-electron chi connectivity index (χ3n) is 5.48. The summed E-state index contributed by atoms with van der Waals surface area (Å²) in [6, 6.07) is 0.813. The molecule has 0 aromatic heterocycles. The Bertz CT molecular complexity index is 288. The minimum Gasteiger partial charge on any atom is -0.389 e. The first-order valence-electron chi connectivity index (χ1n) is 7.81. The largest absolute Gasteiger partial charge is 0.389 e. The summed E-state index contributed by atoms with van der Waals surface area (Å²) in [6.45, 7) is 4.62. The molecular formula is C15H28N2O. The monoisotopic (exact) mass is 252 g/mol. The second-order valence-corrected chi connectivity index (χ2v) is 6.91. The smallest absolute Gasteiger partial charge is 0.0774 e. The van der Waals surface area contributed by atoms with Crippen molar-refractivity contribution in [1.82, 2.24) is 9.80 Å². The summed E-state index contributed by atoms with van der Waals surface area (Å²) in [5.74, 6) is 0.850. The van der Waals surface area contributed by atoms with E-state index in [1.807, 2.05) is 0 Å². The van der Waals surface area contributed by atoms with Crippen LogP contribution in [0.2, 0.25) is 0 Å². The maximum absolute atomic E-state index is 10.5. The van der Waals surface area contributed by atoms with Gasteiger partial charge in [-0.2, -0.15) is 0 Å². The zero-order valence-electron chi connectivity index (χ0n) is 11.8. The standard InChI is InChI=1S/C15H28N2O/c1-16-9-4-5-13-11-17(10-6-14(13)16)12-15(18)7-2-3-8-15/h13-14,18H,2-12H2,1H3. The Morgan fingerprint density at radius 2 is 1.89 bits per heavy atom. The van der Waals surface area contributed by atoms with Crippen LogP contribution in [0.25, 0.3) is 0 Å². The highest BCUT2D eigenvalue weighted by Gasteiger charge is 2.38. The molecule has 3 heteroatoms. The van der Waals surface area contributed by atoms with Crippen molar-refractivity contribution < 1.29 is 5.11 Å². The lowest BCUT2D eigenvalue weighted by Gasteiger charge is -2.47. The first-order valence-corrected chi connectivity index (χ1v) is 7.81. The van der Waals surface area contributed by atoms with Gasteiger partial charge < -0.3 is 14.9 Å². The molecule has 1 aliphatic carbocycles. The van der Waals surface area contributed by atoms with Gasteiger partial charge in [-0.25, -0.2) is 0 Å². The molecule has 18 heavy (non-hydrogen) atoms. The fourth-order valence-corrected chi connectivity index (χ4v) is 4.48. The Labute approximate surface area is 111 Å². The van der Waals surface area contributed by atoms with E-state index in [0.29, 0.717) is 0 Å². The maximum atomic E-state index is 10.5. The lowest BCUT2D eigenvalue weighted by atomic mass is 9.83. The summed E-state index contributed by atoms with van der Waals surface area (Å²) < 4.78 is 0. The summed E-state index contributed by atoms with van der Waals surface area (Å²) in [5, 5.41) is 10.5. The molecule has 2 atom stereocenters. The van der Waals surface area contributed by atoms with Crippen molar-refractivity contribution in [1.29, 1.82) is 0 Å². The number of likely N-dealkylation sites (tertiary alicyclic amines) is 2. The van der Waals surface area contributed by atoms with Crippen LogP contribution >= 0.6 is 0 Å². The molecule has 2 aliphatic heterocycles. The molecule has 104 valence electrons. The van der Waals surface area contributed by atoms with Crippen LogP contribution in [-0.4, -0.2) is 59.8 Å². The Morgan fingerprint density at radius 3 is 2.67 bits per heavy atom. The fourth-order valence-electron chi connectivity index (χ4n) is 4.48. The van der Waals surface area contributed by atoms with Gasteiger partial charge in [0.15, 0.2) is 0 Å². The molecule has 0 bridgehead atoms. The lowest BCUT2D eigenvalue weighted by molar-refractivity contribution is -0.0250. The SMILES string of the molecule is CN1CCCC2CN(CC3(O)CCCC3)CCC21. The molecule has 1 saturated carbocycles. The van der Waals surface area contributed by atoms with E-state index in [1.54, 1.807) is 0 Å². The first-order chi connectivity index (χ1) is 8.66. The van der Waals surface area contributed by atoms with Gasteiger partial charge >= 0.3 is 0 Å². The van der Waals surface area contributed by atoms with Gasteiger partial charge in [-0.15, -0.1) is 0 Å². The Hall–Kier alpha value is -0.120. The summed E-state index contributed by atoms with van der Waals surface area (Å²) in [6.07, 6.45) is 8.55. The second kappa shape index (κ2) is 5.10. The molecule has 3 aliphatic rings. The highest BCUT2D eigenvalue weighted by Crippen LogP contribution is 2.34. The van der Waals surface area contributed by atoms with Gasteiger partial charge in [-0.05, 0) is 58.2 Å². The van der Waals surface area contributed by atoms with Crippen LogP contribution in [0.5, 0.6) is 0 Å². The minimum atomic E-state index is -0.354. The molecule has 2 saturated heterocycles. The topological polar surface area (TPSA) is 26.7 Å².